The molecule has 0 heterocycles. The molecule has 22 heavy (non-hydrogen) atoms. The second-order valence-electron chi connectivity index (χ2n) is 4.27. The maximum absolute atomic E-state index is 11.8. The Morgan fingerprint density at radius 3 is 2.55 bits per heavy atom. The van der Waals surface area contributed by atoms with Gasteiger partial charge in [0.2, 0.25) is 5.91 Å². The van der Waals surface area contributed by atoms with Crippen LogP contribution in [0.25, 0.3) is 6.08 Å². The van der Waals surface area contributed by atoms with Gasteiger partial charge in [0.05, 0.1) is 4.92 Å². The van der Waals surface area contributed by atoms with E-state index in [2.05, 4.69) is 5.32 Å². The van der Waals surface area contributed by atoms with Crippen molar-refractivity contribution in [3.8, 4) is 0 Å². The van der Waals surface area contributed by atoms with Crippen molar-refractivity contribution in [2.45, 2.75) is 0 Å². The van der Waals surface area contributed by atoms with E-state index in [0.717, 1.165) is 0 Å². The molecule has 112 valence electrons. The highest BCUT2D eigenvalue weighted by molar-refractivity contribution is 6.33. The molecule has 0 bridgehead atoms. The average Bonchev–Trinajstić information content (AvgIpc) is 2.48. The second kappa shape index (κ2) is 7.06. The van der Waals surface area contributed by atoms with E-state index in [1.165, 1.54) is 24.3 Å². The zero-order valence-electron chi connectivity index (χ0n) is 11.1. The predicted octanol–water partition coefficient (Wildman–Crippen LogP) is 4.55. The smallest absolute Gasteiger partial charge is 0.289 e. The highest BCUT2D eigenvalue weighted by atomic mass is 35.5. The number of amides is 1. The molecule has 0 fully saturated rings. The Balaban J connectivity index is 2.11. The van der Waals surface area contributed by atoms with Crippen molar-refractivity contribution in [3.63, 3.8) is 0 Å². The zero-order chi connectivity index (χ0) is 16.1. The molecule has 1 amide bonds. The predicted molar refractivity (Wildman–Crippen MR) is 87.2 cm³/mol. The van der Waals surface area contributed by atoms with Crippen LogP contribution < -0.4 is 5.32 Å². The maximum atomic E-state index is 11.8. The van der Waals surface area contributed by atoms with E-state index >= 15 is 0 Å². The van der Waals surface area contributed by atoms with Gasteiger partial charge in [-0.3, -0.25) is 14.9 Å². The van der Waals surface area contributed by atoms with E-state index in [9.17, 15) is 14.9 Å². The van der Waals surface area contributed by atoms with Crippen LogP contribution in [0.4, 0.5) is 11.4 Å². The van der Waals surface area contributed by atoms with Crippen molar-refractivity contribution < 1.29 is 9.72 Å². The average molecular weight is 337 g/mol. The SMILES string of the molecule is O=C(C=Cc1ccccc1Cl)Nc1ccc(Cl)c([N+](=O)[O-])c1. The van der Waals surface area contributed by atoms with Gasteiger partial charge in [0, 0.05) is 22.9 Å². The lowest BCUT2D eigenvalue weighted by atomic mass is 10.2. The van der Waals surface area contributed by atoms with Crippen molar-refractivity contribution in [1.29, 1.82) is 0 Å². The van der Waals surface area contributed by atoms with Gasteiger partial charge >= 0.3 is 0 Å². The fourth-order valence-electron chi connectivity index (χ4n) is 1.69. The summed E-state index contributed by atoms with van der Waals surface area (Å²) in [5.41, 5.74) is 0.709. The van der Waals surface area contributed by atoms with E-state index in [1.54, 1.807) is 30.3 Å². The number of carbonyl (C=O) groups excluding carboxylic acids is 1. The number of anilines is 1. The van der Waals surface area contributed by atoms with E-state index in [1.807, 2.05) is 0 Å². The molecule has 0 spiro atoms. The number of hydrogen-bond acceptors (Lipinski definition) is 3. The van der Waals surface area contributed by atoms with E-state index in [0.29, 0.717) is 10.6 Å². The molecule has 5 nitrogen and oxygen atoms in total. The van der Waals surface area contributed by atoms with Gasteiger partial charge in [0.25, 0.3) is 5.69 Å². The molecule has 2 rings (SSSR count). The number of carbonyl (C=O) groups is 1. The Kier molecular flexibility index (Phi) is 5.14. The first-order valence-electron chi connectivity index (χ1n) is 6.15. The molecule has 2 aromatic rings. The number of benzene rings is 2. The molecule has 0 radical (unpaired) electrons. The summed E-state index contributed by atoms with van der Waals surface area (Å²) in [5.74, 6) is -0.434. The number of rotatable bonds is 4. The lowest BCUT2D eigenvalue weighted by Crippen LogP contribution is -2.08. The fourth-order valence-corrected chi connectivity index (χ4v) is 2.08. The van der Waals surface area contributed by atoms with E-state index in [4.69, 9.17) is 23.2 Å². The van der Waals surface area contributed by atoms with Crippen molar-refractivity contribution in [2.24, 2.45) is 0 Å². The largest absolute Gasteiger partial charge is 0.322 e. The summed E-state index contributed by atoms with van der Waals surface area (Å²) in [4.78, 5) is 22.0. The van der Waals surface area contributed by atoms with Gasteiger partial charge < -0.3 is 5.32 Å². The summed E-state index contributed by atoms with van der Waals surface area (Å²) in [6.45, 7) is 0. The molecular formula is C15H10Cl2N2O3. The van der Waals surface area contributed by atoms with Crippen LogP contribution in [0.3, 0.4) is 0 Å². The number of nitro groups is 1. The minimum Gasteiger partial charge on any atom is -0.322 e. The fraction of sp³-hybridized carbons (Fsp3) is 0. The van der Waals surface area contributed by atoms with Crippen molar-refractivity contribution in [2.75, 3.05) is 5.32 Å². The summed E-state index contributed by atoms with van der Waals surface area (Å²) < 4.78 is 0. The quantitative estimate of drug-likeness (QED) is 0.505. The van der Waals surface area contributed by atoms with E-state index in [-0.39, 0.29) is 16.4 Å². The number of nitrogens with one attached hydrogen (secondary N) is 1. The molecule has 0 atom stereocenters. The van der Waals surface area contributed by atoms with Crippen LogP contribution in [0.1, 0.15) is 5.56 Å². The molecule has 1 N–H and O–H groups in total. The summed E-state index contributed by atoms with van der Waals surface area (Å²) in [6.07, 6.45) is 2.85. The minimum absolute atomic E-state index is 0.00890. The number of nitro benzene ring substituents is 1. The molecule has 7 heteroatoms. The van der Waals surface area contributed by atoms with E-state index < -0.39 is 10.8 Å². The normalized spacial score (nSPS) is 10.6. The standard InChI is InChI=1S/C15H10Cl2N2O3/c16-12-4-2-1-3-10(12)5-8-15(20)18-11-6-7-13(17)14(9-11)19(21)22/h1-9H,(H,18,20). The summed E-state index contributed by atoms with van der Waals surface area (Å²) >= 11 is 11.7. The van der Waals surface area contributed by atoms with Gasteiger partial charge in [0.1, 0.15) is 5.02 Å². The number of halogens is 2. The lowest BCUT2D eigenvalue weighted by Gasteiger charge is -2.03. The van der Waals surface area contributed by atoms with Gasteiger partial charge in [-0.1, -0.05) is 41.4 Å². The summed E-state index contributed by atoms with van der Waals surface area (Å²) in [5, 5.41) is 13.8. The first-order chi connectivity index (χ1) is 10.5. The lowest BCUT2D eigenvalue weighted by molar-refractivity contribution is -0.384. The molecule has 0 aromatic heterocycles. The van der Waals surface area contributed by atoms with Crippen LogP contribution in [-0.4, -0.2) is 10.8 Å². The first kappa shape index (κ1) is 16.0. The molecule has 0 aliphatic rings. The summed E-state index contributed by atoms with van der Waals surface area (Å²) in [7, 11) is 0. The maximum Gasteiger partial charge on any atom is 0.289 e. The van der Waals surface area contributed by atoms with Crippen LogP contribution in [-0.2, 0) is 4.79 Å². The third-order valence-corrected chi connectivity index (χ3v) is 3.39. The molecule has 0 saturated heterocycles. The monoisotopic (exact) mass is 336 g/mol. The second-order valence-corrected chi connectivity index (χ2v) is 5.08. The van der Waals surface area contributed by atoms with Crippen molar-refractivity contribution in [3.05, 3.63) is 74.3 Å². The van der Waals surface area contributed by atoms with Gasteiger partial charge in [-0.05, 0) is 29.8 Å². The first-order valence-corrected chi connectivity index (χ1v) is 6.90. The molecular weight excluding hydrogens is 327 g/mol. The minimum atomic E-state index is -0.614. The third-order valence-electron chi connectivity index (χ3n) is 2.73. The Bertz CT molecular complexity index is 760. The highest BCUT2D eigenvalue weighted by Crippen LogP contribution is 2.27. The van der Waals surface area contributed by atoms with Gasteiger partial charge in [0.15, 0.2) is 0 Å². The molecule has 2 aromatic carbocycles. The summed E-state index contributed by atoms with van der Waals surface area (Å²) in [6, 6.07) is 11.1. The topological polar surface area (TPSA) is 72.2 Å². The van der Waals surface area contributed by atoms with Gasteiger partial charge in [-0.2, -0.15) is 0 Å². The highest BCUT2D eigenvalue weighted by Gasteiger charge is 2.13. The third kappa shape index (κ3) is 4.07. The van der Waals surface area contributed by atoms with Crippen LogP contribution >= 0.6 is 23.2 Å². The van der Waals surface area contributed by atoms with Gasteiger partial charge in [-0.15, -0.1) is 0 Å². The molecule has 0 aliphatic heterocycles. The Hall–Kier alpha value is -2.37. The molecule has 0 unspecified atom stereocenters. The molecule has 0 saturated carbocycles. The van der Waals surface area contributed by atoms with Gasteiger partial charge in [-0.25, -0.2) is 0 Å². The Morgan fingerprint density at radius 1 is 1.14 bits per heavy atom. The van der Waals surface area contributed by atoms with Crippen LogP contribution in [0, 0.1) is 10.1 Å². The van der Waals surface area contributed by atoms with Crippen molar-refractivity contribution >= 4 is 46.6 Å². The molecule has 0 aliphatic carbocycles. The number of nitrogens with zero attached hydrogens (tertiary/aromatic N) is 1. The number of hydrogen-bond donors (Lipinski definition) is 1. The Labute approximate surface area is 136 Å². The van der Waals surface area contributed by atoms with Crippen molar-refractivity contribution in [1.82, 2.24) is 0 Å². The van der Waals surface area contributed by atoms with Crippen LogP contribution in [0.2, 0.25) is 10.0 Å². The van der Waals surface area contributed by atoms with Crippen LogP contribution in [0.15, 0.2) is 48.5 Å². The van der Waals surface area contributed by atoms with Crippen LogP contribution in [0.5, 0.6) is 0 Å². The zero-order valence-corrected chi connectivity index (χ0v) is 12.6. The Morgan fingerprint density at radius 2 is 1.86 bits per heavy atom.